The SMILES string of the molecule is CC1=C(C(=O)N2CCN(C)CC2)C(c2ccc([N+](=O)[O-])cc2)NC(c2ccccc2)=N1. The Balaban J connectivity index is 1.73. The second kappa shape index (κ2) is 8.69. The lowest BCUT2D eigenvalue weighted by Gasteiger charge is -2.36. The zero-order chi connectivity index (χ0) is 22.0. The van der Waals surface area contributed by atoms with E-state index in [1.54, 1.807) is 12.1 Å². The molecule has 160 valence electrons. The zero-order valence-corrected chi connectivity index (χ0v) is 17.6. The number of nitro groups is 1. The van der Waals surface area contributed by atoms with Gasteiger partial charge in [-0.3, -0.25) is 14.9 Å². The van der Waals surface area contributed by atoms with Gasteiger partial charge in [0.25, 0.3) is 11.6 Å². The number of allylic oxidation sites excluding steroid dienone is 1. The van der Waals surface area contributed by atoms with Crippen molar-refractivity contribution in [3.05, 3.63) is 87.1 Å². The standard InChI is InChI=1S/C23H25N5O3/c1-16-20(23(29)27-14-12-26(2)13-15-27)21(17-8-10-19(11-9-17)28(30)31)25-22(24-16)18-6-4-3-5-7-18/h3-11,21H,12-15H2,1-2H3,(H,24,25). The first-order valence-corrected chi connectivity index (χ1v) is 10.3. The molecule has 0 radical (unpaired) electrons. The van der Waals surface area contributed by atoms with Crippen LogP contribution in [0.15, 0.2) is 70.9 Å². The molecule has 0 saturated carbocycles. The van der Waals surface area contributed by atoms with Gasteiger partial charge in [0.15, 0.2) is 0 Å². The van der Waals surface area contributed by atoms with E-state index in [0.717, 1.165) is 24.2 Å². The van der Waals surface area contributed by atoms with Crippen molar-refractivity contribution in [3.8, 4) is 0 Å². The molecular formula is C23H25N5O3. The largest absolute Gasteiger partial charge is 0.358 e. The maximum atomic E-state index is 13.5. The number of hydrogen-bond acceptors (Lipinski definition) is 6. The van der Waals surface area contributed by atoms with Crippen molar-refractivity contribution in [3.63, 3.8) is 0 Å². The molecule has 2 aromatic carbocycles. The lowest BCUT2D eigenvalue weighted by molar-refractivity contribution is -0.384. The van der Waals surface area contributed by atoms with E-state index in [0.29, 0.717) is 30.2 Å². The van der Waals surface area contributed by atoms with Crippen molar-refractivity contribution in [2.75, 3.05) is 33.2 Å². The average Bonchev–Trinajstić information content (AvgIpc) is 2.79. The Morgan fingerprint density at radius 1 is 1.06 bits per heavy atom. The van der Waals surface area contributed by atoms with E-state index in [1.165, 1.54) is 12.1 Å². The Kier molecular flexibility index (Phi) is 5.81. The van der Waals surface area contributed by atoms with Crippen LogP contribution in [0.5, 0.6) is 0 Å². The monoisotopic (exact) mass is 419 g/mol. The molecule has 8 heteroatoms. The normalized spacial score (nSPS) is 19.6. The van der Waals surface area contributed by atoms with Crippen LogP contribution in [0.4, 0.5) is 5.69 Å². The Morgan fingerprint density at radius 3 is 2.32 bits per heavy atom. The fourth-order valence-corrected chi connectivity index (χ4v) is 3.92. The number of hydrogen-bond donors (Lipinski definition) is 1. The van der Waals surface area contributed by atoms with E-state index in [9.17, 15) is 14.9 Å². The number of aliphatic imine (C=N–C) groups is 1. The summed E-state index contributed by atoms with van der Waals surface area (Å²) in [5.74, 6) is 0.633. The summed E-state index contributed by atoms with van der Waals surface area (Å²) in [5.41, 5.74) is 2.96. The Labute approximate surface area is 181 Å². The Morgan fingerprint density at radius 2 is 1.71 bits per heavy atom. The molecule has 0 spiro atoms. The first kappa shape index (κ1) is 20.7. The molecule has 1 N–H and O–H groups in total. The van der Waals surface area contributed by atoms with Crippen LogP contribution in [-0.2, 0) is 4.79 Å². The number of piperazine rings is 1. The predicted octanol–water partition coefficient (Wildman–Crippen LogP) is 2.73. The number of rotatable bonds is 4. The average molecular weight is 419 g/mol. The molecule has 1 saturated heterocycles. The third kappa shape index (κ3) is 4.34. The van der Waals surface area contributed by atoms with Crippen molar-refractivity contribution in [1.82, 2.24) is 15.1 Å². The third-order valence-corrected chi connectivity index (χ3v) is 5.74. The summed E-state index contributed by atoms with van der Waals surface area (Å²) in [6.45, 7) is 4.83. The highest BCUT2D eigenvalue weighted by Gasteiger charge is 2.33. The van der Waals surface area contributed by atoms with Gasteiger partial charge < -0.3 is 15.1 Å². The molecule has 2 aromatic rings. The van der Waals surface area contributed by atoms with E-state index < -0.39 is 11.0 Å². The molecule has 0 bridgehead atoms. The third-order valence-electron chi connectivity index (χ3n) is 5.74. The summed E-state index contributed by atoms with van der Waals surface area (Å²) in [6, 6.07) is 15.6. The summed E-state index contributed by atoms with van der Waals surface area (Å²) in [5, 5.41) is 14.5. The quantitative estimate of drug-likeness (QED) is 0.608. The minimum Gasteiger partial charge on any atom is -0.358 e. The van der Waals surface area contributed by atoms with Crippen LogP contribution in [0, 0.1) is 10.1 Å². The molecule has 8 nitrogen and oxygen atoms in total. The summed E-state index contributed by atoms with van der Waals surface area (Å²) in [7, 11) is 2.05. The predicted molar refractivity (Wildman–Crippen MR) is 119 cm³/mol. The smallest absolute Gasteiger partial charge is 0.269 e. The molecule has 31 heavy (non-hydrogen) atoms. The molecule has 0 aromatic heterocycles. The van der Waals surface area contributed by atoms with Crippen molar-refractivity contribution < 1.29 is 9.72 Å². The number of carbonyl (C=O) groups excluding carboxylic acids is 1. The number of carbonyl (C=O) groups is 1. The van der Waals surface area contributed by atoms with E-state index in [1.807, 2.05) is 49.2 Å². The number of nitrogens with one attached hydrogen (secondary N) is 1. The second-order valence-corrected chi connectivity index (χ2v) is 7.85. The van der Waals surface area contributed by atoms with Crippen LogP contribution in [0.3, 0.4) is 0 Å². The summed E-state index contributed by atoms with van der Waals surface area (Å²) in [6.07, 6.45) is 0. The number of nitro benzene ring substituents is 1. The fraction of sp³-hybridized carbons (Fsp3) is 0.304. The Hall–Kier alpha value is -3.52. The number of likely N-dealkylation sites (N-methyl/N-ethyl adjacent to an activating group) is 1. The first-order chi connectivity index (χ1) is 14.9. The number of benzene rings is 2. The van der Waals surface area contributed by atoms with E-state index in [4.69, 9.17) is 4.99 Å². The van der Waals surface area contributed by atoms with Gasteiger partial charge in [0.05, 0.1) is 22.2 Å². The van der Waals surface area contributed by atoms with E-state index >= 15 is 0 Å². The lowest BCUT2D eigenvalue weighted by Crippen LogP contribution is -2.49. The molecule has 2 aliphatic heterocycles. The van der Waals surface area contributed by atoms with Gasteiger partial charge in [-0.25, -0.2) is 4.99 Å². The van der Waals surface area contributed by atoms with Crippen molar-refractivity contribution >= 4 is 17.4 Å². The minimum atomic E-state index is -0.444. The summed E-state index contributed by atoms with van der Waals surface area (Å²) >= 11 is 0. The van der Waals surface area contributed by atoms with Crippen molar-refractivity contribution in [2.24, 2.45) is 4.99 Å². The highest BCUT2D eigenvalue weighted by atomic mass is 16.6. The molecule has 1 fully saturated rings. The number of amides is 1. The lowest BCUT2D eigenvalue weighted by atomic mass is 9.93. The molecule has 1 atom stereocenters. The van der Waals surface area contributed by atoms with Crippen LogP contribution in [-0.4, -0.2) is 59.7 Å². The van der Waals surface area contributed by atoms with Crippen molar-refractivity contribution in [1.29, 1.82) is 0 Å². The number of non-ortho nitro benzene ring substituents is 1. The first-order valence-electron chi connectivity index (χ1n) is 10.3. The highest BCUT2D eigenvalue weighted by molar-refractivity contribution is 6.04. The van der Waals surface area contributed by atoms with E-state index in [2.05, 4.69) is 10.2 Å². The topological polar surface area (TPSA) is 91.1 Å². The molecule has 0 aliphatic carbocycles. The maximum Gasteiger partial charge on any atom is 0.269 e. The number of nitrogens with zero attached hydrogens (tertiary/aromatic N) is 4. The van der Waals surface area contributed by atoms with Crippen LogP contribution in [0.2, 0.25) is 0 Å². The van der Waals surface area contributed by atoms with Crippen molar-refractivity contribution in [2.45, 2.75) is 13.0 Å². The van der Waals surface area contributed by atoms with Crippen LogP contribution in [0.25, 0.3) is 0 Å². The molecule has 1 unspecified atom stereocenters. The van der Waals surface area contributed by atoms with Gasteiger partial charge in [-0.2, -0.15) is 0 Å². The summed E-state index contributed by atoms with van der Waals surface area (Å²) in [4.78, 5) is 32.9. The second-order valence-electron chi connectivity index (χ2n) is 7.85. The van der Waals surface area contributed by atoms with Gasteiger partial charge >= 0.3 is 0 Å². The van der Waals surface area contributed by atoms with Gasteiger partial charge in [0.1, 0.15) is 5.84 Å². The van der Waals surface area contributed by atoms with Crippen LogP contribution in [0.1, 0.15) is 24.1 Å². The maximum absolute atomic E-state index is 13.5. The zero-order valence-electron chi connectivity index (χ0n) is 17.6. The highest BCUT2D eigenvalue weighted by Crippen LogP contribution is 2.32. The molecule has 4 rings (SSSR count). The fourth-order valence-electron chi connectivity index (χ4n) is 3.92. The molecule has 1 amide bonds. The summed E-state index contributed by atoms with van der Waals surface area (Å²) < 4.78 is 0. The van der Waals surface area contributed by atoms with Gasteiger partial charge in [-0.15, -0.1) is 0 Å². The number of amidine groups is 1. The molecular weight excluding hydrogens is 394 g/mol. The molecule has 2 heterocycles. The van der Waals surface area contributed by atoms with E-state index in [-0.39, 0.29) is 11.6 Å². The van der Waals surface area contributed by atoms with Crippen LogP contribution >= 0.6 is 0 Å². The van der Waals surface area contributed by atoms with Gasteiger partial charge in [-0.1, -0.05) is 30.3 Å². The van der Waals surface area contributed by atoms with Gasteiger partial charge in [-0.05, 0) is 31.7 Å². The van der Waals surface area contributed by atoms with Gasteiger partial charge in [0, 0.05) is 43.9 Å². The Bertz CT molecular complexity index is 1040. The van der Waals surface area contributed by atoms with Crippen LogP contribution < -0.4 is 5.32 Å². The van der Waals surface area contributed by atoms with Gasteiger partial charge in [0.2, 0.25) is 0 Å². The minimum absolute atomic E-state index is 0.0177. The molecule has 2 aliphatic rings.